The van der Waals surface area contributed by atoms with Gasteiger partial charge in [0.05, 0.1) is 17.2 Å². The summed E-state index contributed by atoms with van der Waals surface area (Å²) in [6, 6.07) is 12.1. The Labute approximate surface area is 148 Å². The lowest BCUT2D eigenvalue weighted by Crippen LogP contribution is -2.39. The van der Waals surface area contributed by atoms with Gasteiger partial charge in [-0.15, -0.1) is 0 Å². The second-order valence-electron chi connectivity index (χ2n) is 5.31. The molecule has 3 N–H and O–H groups in total. The molecule has 0 fully saturated rings. The molecule has 0 bridgehead atoms. The van der Waals surface area contributed by atoms with Gasteiger partial charge in [-0.3, -0.25) is 19.7 Å². The number of nitro groups is 1. The molecule has 9 heteroatoms. The Morgan fingerprint density at radius 2 is 1.88 bits per heavy atom. The van der Waals surface area contributed by atoms with Crippen LogP contribution >= 0.6 is 0 Å². The fourth-order valence-corrected chi connectivity index (χ4v) is 2.06. The highest BCUT2D eigenvalue weighted by atomic mass is 16.6. The molecule has 2 aromatic carbocycles. The van der Waals surface area contributed by atoms with E-state index in [2.05, 4.69) is 10.4 Å². The molecule has 0 heterocycles. The summed E-state index contributed by atoms with van der Waals surface area (Å²) in [5.74, 6) is -2.15. The van der Waals surface area contributed by atoms with Gasteiger partial charge in [-0.25, -0.2) is 5.43 Å². The van der Waals surface area contributed by atoms with Crippen molar-refractivity contribution < 1.29 is 19.6 Å². The molecule has 1 atom stereocenters. The number of hydrazone groups is 1. The molecular weight excluding hydrogens is 340 g/mol. The lowest BCUT2D eigenvalue weighted by atomic mass is 10.1. The van der Waals surface area contributed by atoms with Crippen molar-refractivity contribution in [2.75, 3.05) is 0 Å². The first-order valence-electron chi connectivity index (χ1n) is 7.54. The van der Waals surface area contributed by atoms with E-state index in [0.717, 1.165) is 30.0 Å². The number of nitrogens with zero attached hydrogens (tertiary/aromatic N) is 2. The van der Waals surface area contributed by atoms with Crippen LogP contribution in [0, 0.1) is 10.1 Å². The number of nitrogens with one attached hydrogen (secondary N) is 2. The van der Waals surface area contributed by atoms with Gasteiger partial charge in [0, 0.05) is 17.7 Å². The third-order valence-electron chi connectivity index (χ3n) is 3.45. The van der Waals surface area contributed by atoms with Gasteiger partial charge in [0.2, 0.25) is 0 Å². The second kappa shape index (κ2) is 8.38. The van der Waals surface area contributed by atoms with Crippen LogP contribution in [0.2, 0.25) is 0 Å². The highest BCUT2D eigenvalue weighted by molar-refractivity contribution is 6.35. The molecular formula is C17H16N4O5. The normalized spacial score (nSPS) is 11.7. The Morgan fingerprint density at radius 1 is 1.19 bits per heavy atom. The molecule has 9 nitrogen and oxygen atoms in total. The zero-order valence-electron chi connectivity index (χ0n) is 13.7. The minimum absolute atomic E-state index is 0.0255. The van der Waals surface area contributed by atoms with E-state index >= 15 is 0 Å². The van der Waals surface area contributed by atoms with Crippen LogP contribution in [0.1, 0.15) is 24.1 Å². The molecule has 0 aliphatic carbocycles. The molecule has 0 aliphatic rings. The van der Waals surface area contributed by atoms with E-state index in [9.17, 15) is 24.8 Å². The molecule has 0 saturated carbocycles. The smallest absolute Gasteiger partial charge is 0.329 e. The average Bonchev–Trinajstić information content (AvgIpc) is 2.63. The first-order chi connectivity index (χ1) is 12.4. The van der Waals surface area contributed by atoms with Gasteiger partial charge in [0.25, 0.3) is 5.69 Å². The van der Waals surface area contributed by atoms with E-state index in [-0.39, 0.29) is 23.0 Å². The molecule has 0 radical (unpaired) electrons. The monoisotopic (exact) mass is 356 g/mol. The van der Waals surface area contributed by atoms with Gasteiger partial charge in [0.15, 0.2) is 0 Å². The molecule has 2 aromatic rings. The fourth-order valence-electron chi connectivity index (χ4n) is 2.06. The molecule has 0 spiro atoms. The maximum absolute atomic E-state index is 11.8. The number of rotatable bonds is 5. The number of aromatic hydroxyl groups is 1. The number of nitro benzene ring substituents is 1. The number of phenolic OH excluding ortho intramolecular Hbond substituents is 1. The minimum atomic E-state index is -1.01. The maximum atomic E-state index is 11.8. The number of benzene rings is 2. The number of phenols is 1. The molecule has 2 rings (SSSR count). The second-order valence-corrected chi connectivity index (χ2v) is 5.31. The number of amides is 2. The number of hydrogen-bond acceptors (Lipinski definition) is 6. The quantitative estimate of drug-likeness (QED) is 0.324. The van der Waals surface area contributed by atoms with Gasteiger partial charge >= 0.3 is 11.8 Å². The van der Waals surface area contributed by atoms with Crippen LogP contribution in [0.25, 0.3) is 0 Å². The van der Waals surface area contributed by atoms with Gasteiger partial charge < -0.3 is 10.4 Å². The summed E-state index contributed by atoms with van der Waals surface area (Å²) in [6.07, 6.45) is 1.01. The van der Waals surface area contributed by atoms with Crippen LogP contribution in [-0.2, 0) is 9.59 Å². The topological polar surface area (TPSA) is 134 Å². The Bertz CT molecular complexity index is 851. The van der Waals surface area contributed by atoms with E-state index in [1.54, 1.807) is 6.92 Å². The number of non-ortho nitro benzene ring substituents is 1. The zero-order valence-corrected chi connectivity index (χ0v) is 13.7. The molecule has 0 saturated heterocycles. The Kier molecular flexibility index (Phi) is 5.99. The Balaban J connectivity index is 1.95. The molecule has 0 aliphatic heterocycles. The standard InChI is InChI=1S/C17H16N4O5/c1-11(12-5-3-2-4-6-12)19-16(23)17(24)20-18-10-13-9-14(21(25)26)7-8-15(13)22/h2-11,22H,1H3,(H,19,23)(H,20,24). The van der Waals surface area contributed by atoms with Crippen molar-refractivity contribution in [3.05, 3.63) is 69.8 Å². The van der Waals surface area contributed by atoms with Crippen molar-refractivity contribution in [3.8, 4) is 5.75 Å². The summed E-state index contributed by atoms with van der Waals surface area (Å²) in [7, 11) is 0. The number of carbonyl (C=O) groups excluding carboxylic acids is 2. The Morgan fingerprint density at radius 3 is 2.54 bits per heavy atom. The largest absolute Gasteiger partial charge is 0.507 e. The predicted octanol–water partition coefficient (Wildman–Crippen LogP) is 1.63. The molecule has 0 aromatic heterocycles. The van der Waals surface area contributed by atoms with Crippen LogP contribution in [0.4, 0.5) is 5.69 Å². The maximum Gasteiger partial charge on any atom is 0.329 e. The highest BCUT2D eigenvalue weighted by Gasteiger charge is 2.16. The summed E-state index contributed by atoms with van der Waals surface area (Å²) >= 11 is 0. The number of hydrogen-bond donors (Lipinski definition) is 3. The van der Waals surface area contributed by atoms with Crippen molar-refractivity contribution in [1.29, 1.82) is 0 Å². The van der Waals surface area contributed by atoms with Crippen LogP contribution in [0.3, 0.4) is 0 Å². The third kappa shape index (κ3) is 4.87. The van der Waals surface area contributed by atoms with Crippen LogP contribution in [-0.4, -0.2) is 28.1 Å². The fraction of sp³-hybridized carbons (Fsp3) is 0.118. The first-order valence-corrected chi connectivity index (χ1v) is 7.54. The van der Waals surface area contributed by atoms with Crippen molar-refractivity contribution in [2.24, 2.45) is 5.10 Å². The van der Waals surface area contributed by atoms with Crippen molar-refractivity contribution in [1.82, 2.24) is 10.7 Å². The van der Waals surface area contributed by atoms with E-state index < -0.39 is 16.7 Å². The van der Waals surface area contributed by atoms with E-state index in [1.165, 1.54) is 0 Å². The predicted molar refractivity (Wildman–Crippen MR) is 93.5 cm³/mol. The highest BCUT2D eigenvalue weighted by Crippen LogP contribution is 2.21. The summed E-state index contributed by atoms with van der Waals surface area (Å²) in [5.41, 5.74) is 2.61. The first kappa shape index (κ1) is 18.6. The van der Waals surface area contributed by atoms with E-state index in [0.29, 0.717) is 0 Å². The molecule has 1 unspecified atom stereocenters. The minimum Gasteiger partial charge on any atom is -0.507 e. The van der Waals surface area contributed by atoms with Gasteiger partial charge in [-0.2, -0.15) is 5.10 Å². The average molecular weight is 356 g/mol. The van der Waals surface area contributed by atoms with Gasteiger partial charge in [-0.05, 0) is 18.6 Å². The lowest BCUT2D eigenvalue weighted by molar-refractivity contribution is -0.384. The molecule has 26 heavy (non-hydrogen) atoms. The summed E-state index contributed by atoms with van der Waals surface area (Å²) in [6.45, 7) is 1.73. The molecule has 134 valence electrons. The van der Waals surface area contributed by atoms with Crippen molar-refractivity contribution in [2.45, 2.75) is 13.0 Å². The Hall–Kier alpha value is -3.75. The lowest BCUT2D eigenvalue weighted by Gasteiger charge is -2.13. The van der Waals surface area contributed by atoms with Gasteiger partial charge in [0.1, 0.15) is 5.75 Å². The van der Waals surface area contributed by atoms with E-state index in [4.69, 9.17) is 0 Å². The van der Waals surface area contributed by atoms with Crippen molar-refractivity contribution >= 4 is 23.7 Å². The summed E-state index contributed by atoms with van der Waals surface area (Å²) in [4.78, 5) is 33.7. The van der Waals surface area contributed by atoms with Crippen LogP contribution in [0.5, 0.6) is 5.75 Å². The van der Waals surface area contributed by atoms with Crippen molar-refractivity contribution in [3.63, 3.8) is 0 Å². The molecule has 2 amide bonds. The number of carbonyl (C=O) groups is 2. The van der Waals surface area contributed by atoms with Crippen LogP contribution < -0.4 is 10.7 Å². The SMILES string of the molecule is CC(NC(=O)C(=O)NN=Cc1cc([N+](=O)[O-])ccc1O)c1ccccc1. The van der Waals surface area contributed by atoms with E-state index in [1.807, 2.05) is 35.8 Å². The third-order valence-corrected chi connectivity index (χ3v) is 3.45. The van der Waals surface area contributed by atoms with Gasteiger partial charge in [-0.1, -0.05) is 30.3 Å². The zero-order chi connectivity index (χ0) is 19.1. The van der Waals surface area contributed by atoms with Crippen LogP contribution in [0.15, 0.2) is 53.6 Å². The summed E-state index contributed by atoms with van der Waals surface area (Å²) in [5, 5.41) is 26.4. The summed E-state index contributed by atoms with van der Waals surface area (Å²) < 4.78 is 0.